The van der Waals surface area contributed by atoms with E-state index in [-0.39, 0.29) is 25.1 Å². The molecule has 1 amide bonds. The second kappa shape index (κ2) is 13.3. The summed E-state index contributed by atoms with van der Waals surface area (Å²) in [6.45, 7) is 4.33. The lowest BCUT2D eigenvalue weighted by molar-refractivity contribution is 0.00857. The molecule has 0 aliphatic carbocycles. The van der Waals surface area contributed by atoms with E-state index in [2.05, 4.69) is 0 Å². The normalized spacial score (nSPS) is 17.2. The summed E-state index contributed by atoms with van der Waals surface area (Å²) >= 11 is 0. The van der Waals surface area contributed by atoms with Crippen LogP contribution in [0.15, 0.2) is 103 Å². The fourth-order valence-corrected chi connectivity index (χ4v) is 8.77. The Bertz CT molecular complexity index is 1670. The summed E-state index contributed by atoms with van der Waals surface area (Å²) < 4.78 is 81.9. The van der Waals surface area contributed by atoms with Gasteiger partial charge in [-0.05, 0) is 49.9 Å². The Balaban J connectivity index is 1.56. The fraction of sp³-hybridized carbons (Fsp3) is 0.306. The van der Waals surface area contributed by atoms with Gasteiger partial charge in [0, 0.05) is 18.2 Å². The van der Waals surface area contributed by atoms with E-state index in [1.165, 1.54) is 4.90 Å². The monoisotopic (exact) mass is 651 g/mol. The van der Waals surface area contributed by atoms with Gasteiger partial charge >= 0.3 is 6.09 Å². The lowest BCUT2D eigenvalue weighted by atomic mass is 9.84. The van der Waals surface area contributed by atoms with Gasteiger partial charge in [-0.1, -0.05) is 91.0 Å². The van der Waals surface area contributed by atoms with E-state index in [0.717, 1.165) is 0 Å². The molecule has 0 spiro atoms. The molecular formula is C36H36F3NO5S. The Morgan fingerprint density at radius 1 is 0.783 bits per heavy atom. The van der Waals surface area contributed by atoms with Crippen molar-refractivity contribution in [1.29, 1.82) is 0 Å². The molecule has 1 aliphatic rings. The van der Waals surface area contributed by atoms with Crippen LogP contribution in [0.5, 0.6) is 0 Å². The summed E-state index contributed by atoms with van der Waals surface area (Å²) in [5.74, 6) is -3.52. The Morgan fingerprint density at radius 3 is 1.74 bits per heavy atom. The summed E-state index contributed by atoms with van der Waals surface area (Å²) in [6, 6.07) is 27.3. The first-order chi connectivity index (χ1) is 21.8. The molecule has 1 aliphatic heterocycles. The number of benzene rings is 4. The maximum Gasteiger partial charge on any atom is 0.410 e. The first-order valence-electron chi connectivity index (χ1n) is 15.0. The van der Waals surface area contributed by atoms with Crippen LogP contribution in [0, 0.1) is 17.5 Å². The fourth-order valence-electron chi connectivity index (χ4n) is 6.04. The summed E-state index contributed by atoms with van der Waals surface area (Å²) in [7, 11) is -4.22. The van der Waals surface area contributed by atoms with Gasteiger partial charge in [-0.15, -0.1) is 0 Å². The van der Waals surface area contributed by atoms with Crippen molar-refractivity contribution in [2.45, 2.75) is 55.4 Å². The molecule has 242 valence electrons. The van der Waals surface area contributed by atoms with Crippen molar-refractivity contribution in [3.63, 3.8) is 0 Å². The zero-order valence-electron chi connectivity index (χ0n) is 25.8. The Kier molecular flexibility index (Phi) is 9.60. The maximum absolute atomic E-state index is 15.3. The minimum Gasteiger partial charge on any atom is -0.444 e. The molecule has 4 aromatic rings. The lowest BCUT2D eigenvalue weighted by Gasteiger charge is -2.37. The molecule has 4 aromatic carbocycles. The highest BCUT2D eigenvalue weighted by Gasteiger charge is 2.55. The Morgan fingerprint density at radius 2 is 1.26 bits per heavy atom. The summed E-state index contributed by atoms with van der Waals surface area (Å²) in [6.07, 6.45) is -0.724. The van der Waals surface area contributed by atoms with E-state index in [4.69, 9.17) is 9.47 Å². The Hall–Kier alpha value is -4.15. The summed E-state index contributed by atoms with van der Waals surface area (Å²) in [5, 5.41) is -1.06. The highest BCUT2D eigenvalue weighted by molar-refractivity contribution is 7.93. The molecule has 0 unspecified atom stereocenters. The zero-order valence-corrected chi connectivity index (χ0v) is 26.6. The van der Waals surface area contributed by atoms with Crippen molar-refractivity contribution >= 4 is 15.9 Å². The number of sulfone groups is 1. The molecule has 0 bridgehead atoms. The summed E-state index contributed by atoms with van der Waals surface area (Å²) in [4.78, 5) is 14.8. The second-order valence-corrected chi connectivity index (χ2v) is 14.7. The zero-order chi connectivity index (χ0) is 33.1. The number of ether oxygens (including phenoxy) is 2. The van der Waals surface area contributed by atoms with Gasteiger partial charge in [0.25, 0.3) is 0 Å². The molecule has 2 atom stereocenters. The molecule has 5 rings (SSSR count). The predicted molar refractivity (Wildman–Crippen MR) is 169 cm³/mol. The van der Waals surface area contributed by atoms with Crippen molar-refractivity contribution < 1.29 is 35.9 Å². The van der Waals surface area contributed by atoms with Gasteiger partial charge in [0.05, 0.1) is 24.5 Å². The number of amides is 1. The van der Waals surface area contributed by atoms with E-state index < -0.39 is 61.6 Å². The number of nitrogens with zero attached hydrogens (tertiary/aromatic N) is 1. The van der Waals surface area contributed by atoms with Crippen LogP contribution in [-0.4, -0.2) is 49.5 Å². The third kappa shape index (κ3) is 6.55. The number of hydrogen-bond acceptors (Lipinski definition) is 5. The highest BCUT2D eigenvalue weighted by atomic mass is 32.2. The van der Waals surface area contributed by atoms with Crippen molar-refractivity contribution in [2.24, 2.45) is 0 Å². The van der Waals surface area contributed by atoms with Crippen LogP contribution in [0.2, 0.25) is 0 Å². The lowest BCUT2D eigenvalue weighted by Crippen LogP contribution is -2.46. The van der Waals surface area contributed by atoms with Gasteiger partial charge < -0.3 is 14.4 Å². The first-order valence-corrected chi connectivity index (χ1v) is 16.5. The number of likely N-dealkylation sites (tertiary alicyclic amines) is 1. The van der Waals surface area contributed by atoms with Crippen LogP contribution in [0.4, 0.5) is 18.0 Å². The Labute approximate surface area is 267 Å². The largest absolute Gasteiger partial charge is 0.444 e. The van der Waals surface area contributed by atoms with Crippen molar-refractivity contribution in [3.05, 3.63) is 143 Å². The minimum atomic E-state index is -4.22. The first kappa shape index (κ1) is 33.2. The predicted octanol–water partition coefficient (Wildman–Crippen LogP) is 7.41. The second-order valence-electron chi connectivity index (χ2n) is 12.3. The van der Waals surface area contributed by atoms with Gasteiger partial charge in [-0.3, -0.25) is 0 Å². The molecule has 1 heterocycles. The van der Waals surface area contributed by atoms with E-state index in [1.54, 1.807) is 93.6 Å². The third-order valence-electron chi connectivity index (χ3n) is 8.07. The molecular weight excluding hydrogens is 615 g/mol. The van der Waals surface area contributed by atoms with Gasteiger partial charge in [-0.2, -0.15) is 0 Å². The van der Waals surface area contributed by atoms with Gasteiger partial charge in [-0.25, -0.2) is 26.4 Å². The molecule has 10 heteroatoms. The van der Waals surface area contributed by atoms with Crippen molar-refractivity contribution in [1.82, 2.24) is 4.90 Å². The van der Waals surface area contributed by atoms with Crippen molar-refractivity contribution in [3.8, 4) is 0 Å². The van der Waals surface area contributed by atoms with Crippen LogP contribution in [0.3, 0.4) is 0 Å². The average Bonchev–Trinajstić information content (AvgIpc) is 3.46. The van der Waals surface area contributed by atoms with Crippen LogP contribution >= 0.6 is 0 Å². The number of carbonyl (C=O) groups is 1. The third-order valence-corrected chi connectivity index (χ3v) is 10.8. The number of carbonyl (C=O) groups excluding carboxylic acids is 1. The van der Waals surface area contributed by atoms with Gasteiger partial charge in [0.2, 0.25) is 0 Å². The standard InChI is InChI=1S/C36H36F3NO5S/c1-35(2,3)45-34(41)40-22-30(20-29(40)24-44-23-25-19-32(38)33(39)21-31(25)37)46(42,43)36(26-13-7-4-8-14-26,27-15-9-5-10-16-27)28-17-11-6-12-18-28/h4-19,21,29-30H,20,22-24H2,1-3H3/t29-,30+/m0/s1. The van der Waals surface area contributed by atoms with Gasteiger partial charge in [0.1, 0.15) is 16.2 Å². The van der Waals surface area contributed by atoms with Crippen molar-refractivity contribution in [2.75, 3.05) is 13.2 Å². The van der Waals surface area contributed by atoms with Gasteiger partial charge in [0.15, 0.2) is 21.5 Å². The van der Waals surface area contributed by atoms with Crippen LogP contribution in [-0.2, 0) is 30.7 Å². The van der Waals surface area contributed by atoms with E-state index >= 15 is 8.42 Å². The van der Waals surface area contributed by atoms with E-state index in [1.807, 2.05) is 18.2 Å². The van der Waals surface area contributed by atoms with E-state index in [0.29, 0.717) is 28.8 Å². The SMILES string of the molecule is CC(C)(C)OC(=O)N1C[C@H](S(=O)(=O)C(c2ccccc2)(c2ccccc2)c2ccccc2)C[C@H]1COCc1cc(F)c(F)cc1F. The number of rotatable bonds is 9. The smallest absolute Gasteiger partial charge is 0.410 e. The molecule has 0 aromatic heterocycles. The molecule has 0 N–H and O–H groups in total. The topological polar surface area (TPSA) is 72.9 Å². The molecule has 0 saturated carbocycles. The van der Waals surface area contributed by atoms with E-state index in [9.17, 15) is 18.0 Å². The molecule has 1 fully saturated rings. The maximum atomic E-state index is 15.3. The summed E-state index contributed by atoms with van der Waals surface area (Å²) in [5.41, 5.74) is 0.566. The van der Waals surface area contributed by atoms with Crippen LogP contribution in [0.1, 0.15) is 49.4 Å². The number of halogens is 3. The molecule has 46 heavy (non-hydrogen) atoms. The number of hydrogen-bond donors (Lipinski definition) is 0. The molecule has 1 saturated heterocycles. The quantitative estimate of drug-likeness (QED) is 0.139. The van der Waals surface area contributed by atoms with Crippen LogP contribution < -0.4 is 0 Å². The van der Waals surface area contributed by atoms with Crippen LogP contribution in [0.25, 0.3) is 0 Å². The highest BCUT2D eigenvalue weighted by Crippen LogP contribution is 2.47. The molecule has 0 radical (unpaired) electrons. The minimum absolute atomic E-state index is 0.00388. The molecule has 6 nitrogen and oxygen atoms in total. The average molecular weight is 652 g/mol.